The van der Waals surface area contributed by atoms with E-state index in [4.69, 9.17) is 0 Å². The molecule has 1 atom stereocenters. The first-order valence-electron chi connectivity index (χ1n) is 9.58. The lowest BCUT2D eigenvalue weighted by Gasteiger charge is -2.12. The van der Waals surface area contributed by atoms with Gasteiger partial charge in [0.1, 0.15) is 5.75 Å². The fourth-order valence-electron chi connectivity index (χ4n) is 3.24. The van der Waals surface area contributed by atoms with E-state index >= 15 is 0 Å². The molecule has 3 aromatic carbocycles. The Morgan fingerprint density at radius 1 is 1.04 bits per heavy atom. The lowest BCUT2D eigenvalue weighted by Crippen LogP contribution is -2.23. The smallest absolute Gasteiger partial charge is 0.247 e. The van der Waals surface area contributed by atoms with E-state index in [1.165, 1.54) is 11.8 Å². The van der Waals surface area contributed by atoms with Gasteiger partial charge < -0.3 is 5.11 Å². The lowest BCUT2D eigenvalue weighted by atomic mass is 9.96. The molecule has 0 saturated heterocycles. The van der Waals surface area contributed by atoms with Gasteiger partial charge in [0.2, 0.25) is 5.91 Å². The standard InChI is InChI=1S/C24H26N2O2/c1-16(2)14-18-8-10-19(11-9-18)17(3)24(28)26-25-15-22-21-7-5-4-6-20(21)12-13-23(22)27/h4-13,15-17,27H,14H2,1-3H3,(H,26,28)/b25-15+. The summed E-state index contributed by atoms with van der Waals surface area (Å²) in [5, 5.41) is 16.1. The first-order valence-corrected chi connectivity index (χ1v) is 9.58. The zero-order valence-electron chi connectivity index (χ0n) is 16.5. The predicted octanol–water partition coefficient (Wildman–Crippen LogP) is 5.00. The summed E-state index contributed by atoms with van der Waals surface area (Å²) in [5.74, 6) is 0.232. The third kappa shape index (κ3) is 4.58. The number of phenols is 1. The summed E-state index contributed by atoms with van der Waals surface area (Å²) in [6.07, 6.45) is 2.52. The first-order chi connectivity index (χ1) is 13.5. The number of hydrogen-bond donors (Lipinski definition) is 2. The zero-order valence-corrected chi connectivity index (χ0v) is 16.5. The van der Waals surface area contributed by atoms with Crippen molar-refractivity contribution in [1.29, 1.82) is 0 Å². The number of hydrazone groups is 1. The van der Waals surface area contributed by atoms with Gasteiger partial charge in [-0.05, 0) is 47.2 Å². The molecule has 28 heavy (non-hydrogen) atoms. The molecule has 3 rings (SSSR count). The maximum Gasteiger partial charge on any atom is 0.247 e. The van der Waals surface area contributed by atoms with Gasteiger partial charge >= 0.3 is 0 Å². The molecule has 0 aliphatic heterocycles. The molecule has 4 heteroatoms. The van der Waals surface area contributed by atoms with E-state index in [9.17, 15) is 9.90 Å². The van der Waals surface area contributed by atoms with Crippen molar-refractivity contribution in [2.75, 3.05) is 0 Å². The van der Waals surface area contributed by atoms with Crippen molar-refractivity contribution in [3.63, 3.8) is 0 Å². The van der Waals surface area contributed by atoms with Gasteiger partial charge in [-0.3, -0.25) is 4.79 Å². The number of hydrogen-bond acceptors (Lipinski definition) is 3. The molecule has 0 radical (unpaired) electrons. The van der Waals surface area contributed by atoms with Gasteiger partial charge in [0, 0.05) is 5.56 Å². The van der Waals surface area contributed by atoms with Crippen LogP contribution in [0.2, 0.25) is 0 Å². The second-order valence-corrected chi connectivity index (χ2v) is 7.51. The number of rotatable bonds is 6. The minimum Gasteiger partial charge on any atom is -0.507 e. The zero-order chi connectivity index (χ0) is 20.1. The van der Waals surface area contributed by atoms with Gasteiger partial charge in [-0.2, -0.15) is 5.10 Å². The Morgan fingerprint density at radius 2 is 1.75 bits per heavy atom. The van der Waals surface area contributed by atoms with Gasteiger partial charge in [-0.15, -0.1) is 0 Å². The van der Waals surface area contributed by atoms with Crippen molar-refractivity contribution in [2.24, 2.45) is 11.0 Å². The number of phenolic OH excluding ortho intramolecular Hbond substituents is 1. The van der Waals surface area contributed by atoms with E-state index in [2.05, 4.69) is 36.5 Å². The van der Waals surface area contributed by atoms with Crippen molar-refractivity contribution >= 4 is 22.9 Å². The van der Waals surface area contributed by atoms with E-state index < -0.39 is 0 Å². The lowest BCUT2D eigenvalue weighted by molar-refractivity contribution is -0.122. The van der Waals surface area contributed by atoms with Crippen LogP contribution in [-0.4, -0.2) is 17.2 Å². The van der Waals surface area contributed by atoms with E-state index in [0.717, 1.165) is 22.8 Å². The average Bonchev–Trinajstić information content (AvgIpc) is 2.69. The fourth-order valence-corrected chi connectivity index (χ4v) is 3.24. The topological polar surface area (TPSA) is 61.7 Å². The largest absolute Gasteiger partial charge is 0.507 e. The Labute approximate surface area is 165 Å². The van der Waals surface area contributed by atoms with Crippen molar-refractivity contribution in [3.8, 4) is 5.75 Å². The van der Waals surface area contributed by atoms with Crippen LogP contribution in [-0.2, 0) is 11.2 Å². The average molecular weight is 374 g/mol. The quantitative estimate of drug-likeness (QED) is 0.471. The molecule has 0 aliphatic carbocycles. The minimum absolute atomic E-state index is 0.130. The summed E-state index contributed by atoms with van der Waals surface area (Å²) < 4.78 is 0. The molecule has 1 amide bonds. The number of aromatic hydroxyl groups is 1. The van der Waals surface area contributed by atoms with E-state index in [-0.39, 0.29) is 17.6 Å². The van der Waals surface area contributed by atoms with E-state index in [1.54, 1.807) is 6.07 Å². The molecular formula is C24H26N2O2. The SMILES string of the molecule is CC(C)Cc1ccc(C(C)C(=O)N/N=C/c2c(O)ccc3ccccc23)cc1. The molecule has 3 aromatic rings. The molecule has 0 aromatic heterocycles. The van der Waals surface area contributed by atoms with Crippen LogP contribution in [0.25, 0.3) is 10.8 Å². The number of nitrogens with one attached hydrogen (secondary N) is 1. The molecule has 0 bridgehead atoms. The number of amides is 1. The van der Waals surface area contributed by atoms with E-state index in [1.807, 2.05) is 49.4 Å². The number of nitrogens with zero attached hydrogens (tertiary/aromatic N) is 1. The molecule has 0 fully saturated rings. The molecule has 1 unspecified atom stereocenters. The van der Waals surface area contributed by atoms with Crippen LogP contribution in [0, 0.1) is 5.92 Å². The first kappa shape index (κ1) is 19.6. The highest BCUT2D eigenvalue weighted by Gasteiger charge is 2.14. The number of carbonyl (C=O) groups is 1. The second kappa shape index (κ2) is 8.70. The normalized spacial score (nSPS) is 12.6. The summed E-state index contributed by atoms with van der Waals surface area (Å²) in [6.45, 7) is 6.24. The van der Waals surface area contributed by atoms with E-state index in [0.29, 0.717) is 11.5 Å². The van der Waals surface area contributed by atoms with Gasteiger partial charge in [-0.1, -0.05) is 68.4 Å². The summed E-state index contributed by atoms with van der Waals surface area (Å²) in [7, 11) is 0. The molecule has 0 saturated carbocycles. The van der Waals surface area contributed by atoms with Gasteiger partial charge in [0.25, 0.3) is 0 Å². The molecule has 4 nitrogen and oxygen atoms in total. The molecule has 2 N–H and O–H groups in total. The Balaban J connectivity index is 1.69. The van der Waals surface area contributed by atoms with Crippen molar-refractivity contribution < 1.29 is 9.90 Å². The van der Waals surface area contributed by atoms with Crippen LogP contribution in [0.1, 0.15) is 43.4 Å². The monoisotopic (exact) mass is 374 g/mol. The third-order valence-electron chi connectivity index (χ3n) is 4.83. The van der Waals surface area contributed by atoms with Crippen LogP contribution < -0.4 is 5.43 Å². The Kier molecular flexibility index (Phi) is 6.09. The molecule has 144 valence electrons. The summed E-state index contributed by atoms with van der Waals surface area (Å²) in [4.78, 5) is 12.5. The molecular weight excluding hydrogens is 348 g/mol. The van der Waals surface area contributed by atoms with Gasteiger partial charge in [0.15, 0.2) is 0 Å². The summed E-state index contributed by atoms with van der Waals surface area (Å²) in [6, 6.07) is 19.4. The maximum absolute atomic E-state index is 12.5. The summed E-state index contributed by atoms with van der Waals surface area (Å²) in [5.41, 5.74) is 5.40. The highest BCUT2D eigenvalue weighted by molar-refractivity contribution is 6.02. The molecule has 0 aliphatic rings. The fraction of sp³-hybridized carbons (Fsp3) is 0.250. The van der Waals surface area contributed by atoms with Crippen molar-refractivity contribution in [2.45, 2.75) is 33.1 Å². The maximum atomic E-state index is 12.5. The Hall–Kier alpha value is -3.14. The van der Waals surface area contributed by atoms with Gasteiger partial charge in [-0.25, -0.2) is 5.43 Å². The number of benzene rings is 3. The van der Waals surface area contributed by atoms with Crippen LogP contribution in [0.5, 0.6) is 5.75 Å². The highest BCUT2D eigenvalue weighted by Crippen LogP contribution is 2.25. The highest BCUT2D eigenvalue weighted by atomic mass is 16.3. The Morgan fingerprint density at radius 3 is 2.46 bits per heavy atom. The van der Waals surface area contributed by atoms with Crippen molar-refractivity contribution in [1.82, 2.24) is 5.43 Å². The second-order valence-electron chi connectivity index (χ2n) is 7.51. The van der Waals surface area contributed by atoms with Crippen LogP contribution in [0.3, 0.4) is 0 Å². The molecule has 0 heterocycles. The van der Waals surface area contributed by atoms with Gasteiger partial charge in [0.05, 0.1) is 12.1 Å². The van der Waals surface area contributed by atoms with Crippen LogP contribution in [0.15, 0.2) is 65.8 Å². The Bertz CT molecular complexity index is 991. The van der Waals surface area contributed by atoms with Crippen LogP contribution >= 0.6 is 0 Å². The summed E-state index contributed by atoms with van der Waals surface area (Å²) >= 11 is 0. The van der Waals surface area contributed by atoms with Crippen LogP contribution in [0.4, 0.5) is 0 Å². The minimum atomic E-state index is -0.314. The number of fused-ring (bicyclic) bond motifs is 1. The third-order valence-corrected chi connectivity index (χ3v) is 4.83. The predicted molar refractivity (Wildman–Crippen MR) is 115 cm³/mol. The van der Waals surface area contributed by atoms with Crippen molar-refractivity contribution in [3.05, 3.63) is 77.4 Å². The number of carbonyl (C=O) groups excluding carboxylic acids is 1. The molecule has 0 spiro atoms.